The molecule has 1 aliphatic heterocycles. The van der Waals surface area contributed by atoms with E-state index in [1.165, 1.54) is 4.90 Å². The molecular formula is C27H41N3O7. The van der Waals surface area contributed by atoms with Gasteiger partial charge in [-0.3, -0.25) is 9.59 Å². The Morgan fingerprint density at radius 3 is 2.57 bits per heavy atom. The zero-order valence-corrected chi connectivity index (χ0v) is 22.9. The van der Waals surface area contributed by atoms with Crippen molar-refractivity contribution in [1.29, 1.82) is 0 Å². The van der Waals surface area contributed by atoms with Gasteiger partial charge in [-0.05, 0) is 58.2 Å². The van der Waals surface area contributed by atoms with E-state index in [4.69, 9.17) is 18.9 Å². The number of carbonyl (C=O) groups is 3. The molecule has 1 aromatic carbocycles. The van der Waals surface area contributed by atoms with Crippen molar-refractivity contribution in [2.45, 2.75) is 70.7 Å². The average molecular weight is 520 g/mol. The fourth-order valence-corrected chi connectivity index (χ4v) is 4.28. The summed E-state index contributed by atoms with van der Waals surface area (Å²) >= 11 is 0. The van der Waals surface area contributed by atoms with Crippen molar-refractivity contribution < 1.29 is 33.3 Å². The number of amides is 3. The fraction of sp³-hybridized carbons (Fsp3) is 0.667. The summed E-state index contributed by atoms with van der Waals surface area (Å²) in [6, 6.07) is 5.25. The number of methoxy groups -OCH3 is 1. The highest BCUT2D eigenvalue weighted by Crippen LogP contribution is 2.37. The zero-order chi connectivity index (χ0) is 27.2. The highest BCUT2D eigenvalue weighted by Gasteiger charge is 2.42. The highest BCUT2D eigenvalue weighted by molar-refractivity contribution is 5.96. The second-order valence-electron chi connectivity index (χ2n) is 10.5. The summed E-state index contributed by atoms with van der Waals surface area (Å²) in [7, 11) is 3.20. The largest absolute Gasteiger partial charge is 0.493 e. The Morgan fingerprint density at radius 1 is 1.22 bits per heavy atom. The number of hydrogen-bond donors (Lipinski definition) is 1. The third-order valence-electron chi connectivity index (χ3n) is 6.32. The molecule has 1 N–H and O–H groups in total. The lowest BCUT2D eigenvalue weighted by Crippen LogP contribution is -2.54. The summed E-state index contributed by atoms with van der Waals surface area (Å²) < 4.78 is 22.4. The van der Waals surface area contributed by atoms with E-state index in [0.29, 0.717) is 37.5 Å². The summed E-state index contributed by atoms with van der Waals surface area (Å²) in [6.07, 6.45) is 1.30. The van der Waals surface area contributed by atoms with Crippen molar-refractivity contribution >= 4 is 17.9 Å². The number of hydrogen-bond acceptors (Lipinski definition) is 7. The summed E-state index contributed by atoms with van der Waals surface area (Å²) in [5.74, 6) is 0.0723. The first-order valence-electron chi connectivity index (χ1n) is 12.9. The summed E-state index contributed by atoms with van der Waals surface area (Å²) in [4.78, 5) is 42.1. The van der Waals surface area contributed by atoms with Crippen LogP contribution in [0.3, 0.4) is 0 Å². The van der Waals surface area contributed by atoms with Gasteiger partial charge < -0.3 is 34.1 Å². The van der Waals surface area contributed by atoms with E-state index in [0.717, 1.165) is 18.4 Å². The van der Waals surface area contributed by atoms with Gasteiger partial charge in [0.15, 0.2) is 6.10 Å². The highest BCUT2D eigenvalue weighted by atomic mass is 16.6. The number of nitrogens with zero attached hydrogens (tertiary/aromatic N) is 2. The topological polar surface area (TPSA) is 107 Å². The van der Waals surface area contributed by atoms with Crippen LogP contribution in [0.15, 0.2) is 18.2 Å². The SMILES string of the molecule is CNC(=O)c1ccc(C(C)N(C(=O)[C@H]2CN(C(=O)OC(C)(C)C)CCO2)C2CC2)cc1OCCCOC. The van der Waals surface area contributed by atoms with Crippen LogP contribution in [-0.2, 0) is 19.0 Å². The molecule has 2 aliphatic rings. The first-order chi connectivity index (χ1) is 17.6. The Bertz CT molecular complexity index is 958. The van der Waals surface area contributed by atoms with Gasteiger partial charge in [0.2, 0.25) is 0 Å². The lowest BCUT2D eigenvalue weighted by atomic mass is 10.0. The smallest absolute Gasteiger partial charge is 0.410 e. The van der Waals surface area contributed by atoms with Crippen LogP contribution in [0.25, 0.3) is 0 Å². The number of rotatable bonds is 10. The Kier molecular flexibility index (Phi) is 9.78. The third kappa shape index (κ3) is 7.82. The second-order valence-corrected chi connectivity index (χ2v) is 10.5. The molecule has 0 aromatic heterocycles. The molecule has 1 aliphatic carbocycles. The summed E-state index contributed by atoms with van der Waals surface area (Å²) in [5.41, 5.74) is 0.673. The predicted molar refractivity (Wildman–Crippen MR) is 138 cm³/mol. The second kappa shape index (κ2) is 12.6. The molecule has 3 rings (SSSR count). The quantitative estimate of drug-likeness (QED) is 0.473. The fourth-order valence-electron chi connectivity index (χ4n) is 4.28. The van der Waals surface area contributed by atoms with E-state index in [-0.39, 0.29) is 37.0 Å². The molecule has 0 bridgehead atoms. The van der Waals surface area contributed by atoms with Crippen molar-refractivity contribution in [1.82, 2.24) is 15.1 Å². The van der Waals surface area contributed by atoms with Crippen LogP contribution in [0.4, 0.5) is 4.79 Å². The van der Waals surface area contributed by atoms with Gasteiger partial charge in [-0.15, -0.1) is 0 Å². The maximum absolute atomic E-state index is 13.7. The number of ether oxygens (including phenoxy) is 4. The molecule has 0 spiro atoms. The molecule has 1 heterocycles. The molecule has 2 atom stereocenters. The number of carbonyl (C=O) groups excluding carboxylic acids is 3. The Labute approximate surface area is 219 Å². The van der Waals surface area contributed by atoms with E-state index in [1.807, 2.05) is 44.7 Å². The molecule has 1 aromatic rings. The molecule has 1 saturated heterocycles. The van der Waals surface area contributed by atoms with Crippen LogP contribution in [0, 0.1) is 0 Å². The minimum atomic E-state index is -0.765. The van der Waals surface area contributed by atoms with E-state index < -0.39 is 17.8 Å². The van der Waals surface area contributed by atoms with Crippen LogP contribution < -0.4 is 10.1 Å². The average Bonchev–Trinajstić information content (AvgIpc) is 3.70. The minimum absolute atomic E-state index is 0.104. The standard InChI is InChI=1S/C27H41N3O7/c1-18(19-8-11-21(24(31)28-5)22(16-19)35-14-7-13-34-6)30(20-9-10-20)25(32)23-17-29(12-15-36-23)26(33)37-27(2,3)4/h8,11,16,18,20,23H,7,9-10,12-15,17H2,1-6H3,(H,28,31)/t18?,23-/m1/s1. The molecule has 10 heteroatoms. The lowest BCUT2D eigenvalue weighted by Gasteiger charge is -2.38. The molecule has 0 radical (unpaired) electrons. The van der Waals surface area contributed by atoms with Crippen LogP contribution in [0.1, 0.15) is 68.9 Å². The lowest BCUT2D eigenvalue weighted by molar-refractivity contribution is -0.151. The molecule has 1 saturated carbocycles. The Hall–Kier alpha value is -2.85. The van der Waals surface area contributed by atoms with Gasteiger partial charge >= 0.3 is 6.09 Å². The van der Waals surface area contributed by atoms with Gasteiger partial charge in [-0.1, -0.05) is 6.07 Å². The molecule has 1 unspecified atom stereocenters. The van der Waals surface area contributed by atoms with E-state index in [9.17, 15) is 14.4 Å². The van der Waals surface area contributed by atoms with Gasteiger partial charge in [0.05, 0.1) is 31.4 Å². The Morgan fingerprint density at radius 2 is 1.95 bits per heavy atom. The maximum atomic E-state index is 13.7. The number of morpholine rings is 1. The van der Waals surface area contributed by atoms with E-state index >= 15 is 0 Å². The van der Waals surface area contributed by atoms with Crippen LogP contribution in [0.2, 0.25) is 0 Å². The van der Waals surface area contributed by atoms with E-state index in [2.05, 4.69) is 5.32 Å². The van der Waals surface area contributed by atoms with Crippen LogP contribution in [-0.4, -0.2) is 92.5 Å². The maximum Gasteiger partial charge on any atom is 0.410 e. The minimum Gasteiger partial charge on any atom is -0.493 e. The normalized spacial score (nSPS) is 18.6. The first-order valence-corrected chi connectivity index (χ1v) is 12.9. The van der Waals surface area contributed by atoms with Gasteiger partial charge in [0.25, 0.3) is 11.8 Å². The van der Waals surface area contributed by atoms with Gasteiger partial charge in [-0.25, -0.2) is 4.79 Å². The van der Waals surface area contributed by atoms with Crippen molar-refractivity contribution in [3.8, 4) is 5.75 Å². The van der Waals surface area contributed by atoms with Crippen molar-refractivity contribution in [3.05, 3.63) is 29.3 Å². The summed E-state index contributed by atoms with van der Waals surface area (Å²) in [5, 5.41) is 2.64. The predicted octanol–water partition coefficient (Wildman–Crippen LogP) is 3.15. The summed E-state index contributed by atoms with van der Waals surface area (Å²) in [6.45, 7) is 9.15. The van der Waals surface area contributed by atoms with Gasteiger partial charge in [0.1, 0.15) is 11.4 Å². The van der Waals surface area contributed by atoms with Crippen molar-refractivity contribution in [3.63, 3.8) is 0 Å². The Balaban J connectivity index is 1.78. The van der Waals surface area contributed by atoms with Crippen molar-refractivity contribution in [2.75, 3.05) is 47.1 Å². The molecule has 2 fully saturated rings. The molecular weight excluding hydrogens is 478 g/mol. The van der Waals surface area contributed by atoms with Gasteiger partial charge in [-0.2, -0.15) is 0 Å². The molecule has 206 valence electrons. The number of nitrogens with one attached hydrogen (secondary N) is 1. The molecule has 37 heavy (non-hydrogen) atoms. The molecule has 3 amide bonds. The van der Waals surface area contributed by atoms with E-state index in [1.54, 1.807) is 20.2 Å². The monoisotopic (exact) mass is 519 g/mol. The third-order valence-corrected chi connectivity index (χ3v) is 6.32. The first kappa shape index (κ1) is 28.7. The van der Waals surface area contributed by atoms with Gasteiger partial charge in [0, 0.05) is 39.8 Å². The van der Waals surface area contributed by atoms with Crippen LogP contribution in [0.5, 0.6) is 5.75 Å². The zero-order valence-electron chi connectivity index (χ0n) is 22.9. The number of benzene rings is 1. The van der Waals surface area contributed by atoms with Crippen molar-refractivity contribution in [2.24, 2.45) is 0 Å². The molecule has 10 nitrogen and oxygen atoms in total. The van der Waals surface area contributed by atoms with Crippen LogP contribution >= 0.6 is 0 Å².